The molecule has 1 aromatic carbocycles. The summed E-state index contributed by atoms with van der Waals surface area (Å²) in [6, 6.07) is 7.90. The van der Waals surface area contributed by atoms with Crippen LogP contribution in [0.2, 0.25) is 0 Å². The van der Waals surface area contributed by atoms with E-state index in [1.807, 2.05) is 35.5 Å². The summed E-state index contributed by atoms with van der Waals surface area (Å²) in [5.74, 6) is 0.919. The van der Waals surface area contributed by atoms with Crippen molar-refractivity contribution in [1.82, 2.24) is 15.0 Å². The molecule has 0 atom stereocenters. The molecule has 1 aliphatic rings. The van der Waals surface area contributed by atoms with Gasteiger partial charge in [0.2, 0.25) is 0 Å². The highest BCUT2D eigenvalue weighted by Crippen LogP contribution is 2.31. The fourth-order valence-electron chi connectivity index (χ4n) is 2.60. The van der Waals surface area contributed by atoms with Gasteiger partial charge in [0, 0.05) is 29.1 Å². The van der Waals surface area contributed by atoms with Gasteiger partial charge in [0.1, 0.15) is 11.4 Å². The van der Waals surface area contributed by atoms with E-state index in [0.717, 1.165) is 39.1 Å². The molecule has 0 amide bonds. The Morgan fingerprint density at radius 3 is 2.79 bits per heavy atom. The van der Waals surface area contributed by atoms with Crippen LogP contribution in [0.15, 0.2) is 47.3 Å². The van der Waals surface area contributed by atoms with Gasteiger partial charge in [-0.15, -0.1) is 0 Å². The minimum atomic E-state index is 0.186. The van der Waals surface area contributed by atoms with Crippen LogP contribution < -0.4 is 5.73 Å². The maximum atomic E-state index is 5.96. The molecule has 0 radical (unpaired) electrons. The number of benzene rings is 1. The second kappa shape index (κ2) is 6.65. The average Bonchev–Trinajstić information content (AvgIpc) is 2.55. The SMILES string of the molecule is C=C1c2cnc(SCC)nc2C(c2cccc(N)c2)=NN1C(C)C. The summed E-state index contributed by atoms with van der Waals surface area (Å²) in [4.78, 5) is 9.18. The molecule has 2 N–H and O–H groups in total. The lowest BCUT2D eigenvalue weighted by atomic mass is 10.00. The zero-order valence-corrected chi connectivity index (χ0v) is 15.0. The van der Waals surface area contributed by atoms with Gasteiger partial charge < -0.3 is 5.73 Å². The van der Waals surface area contributed by atoms with Gasteiger partial charge >= 0.3 is 0 Å². The van der Waals surface area contributed by atoms with E-state index in [-0.39, 0.29) is 6.04 Å². The molecule has 6 heteroatoms. The first kappa shape index (κ1) is 16.5. The van der Waals surface area contributed by atoms with Crippen LogP contribution in [0.25, 0.3) is 5.70 Å². The van der Waals surface area contributed by atoms with Gasteiger partial charge in [-0.3, -0.25) is 5.01 Å². The molecule has 2 heterocycles. The molecule has 0 spiro atoms. The lowest BCUT2D eigenvalue weighted by Gasteiger charge is -2.31. The molecular weight excluding hydrogens is 318 g/mol. The number of nitrogens with two attached hydrogens (primary N) is 1. The van der Waals surface area contributed by atoms with Crippen molar-refractivity contribution < 1.29 is 0 Å². The van der Waals surface area contributed by atoms with Crippen LogP contribution >= 0.6 is 11.8 Å². The van der Waals surface area contributed by atoms with Crippen molar-refractivity contribution in [2.75, 3.05) is 11.5 Å². The van der Waals surface area contributed by atoms with Crippen molar-refractivity contribution in [3.05, 3.63) is 53.9 Å². The van der Waals surface area contributed by atoms with E-state index >= 15 is 0 Å². The minimum absolute atomic E-state index is 0.186. The molecule has 0 unspecified atom stereocenters. The quantitative estimate of drug-likeness (QED) is 0.523. The van der Waals surface area contributed by atoms with Gasteiger partial charge in [0.15, 0.2) is 5.16 Å². The Hall–Kier alpha value is -2.34. The molecule has 3 rings (SSSR count). The Morgan fingerprint density at radius 1 is 1.33 bits per heavy atom. The van der Waals surface area contributed by atoms with Gasteiger partial charge in [0.05, 0.1) is 5.70 Å². The monoisotopic (exact) mass is 339 g/mol. The molecule has 0 bridgehead atoms. The topological polar surface area (TPSA) is 67.4 Å². The molecule has 124 valence electrons. The Balaban J connectivity index is 2.19. The molecular formula is C18H21N5S. The number of fused-ring (bicyclic) bond motifs is 1. The standard InChI is InChI=1S/C18H21N5S/c1-5-24-18-20-10-15-12(4)23(11(2)3)22-16(17(15)21-18)13-7-6-8-14(19)9-13/h6-11H,4-5,19H2,1-3H3. The molecule has 5 nitrogen and oxygen atoms in total. The van der Waals surface area contributed by atoms with Gasteiger partial charge in [0.25, 0.3) is 0 Å². The zero-order chi connectivity index (χ0) is 17.3. The van der Waals surface area contributed by atoms with Crippen LogP contribution in [-0.4, -0.2) is 32.5 Å². The lowest BCUT2D eigenvalue weighted by Crippen LogP contribution is -2.31. The predicted octanol–water partition coefficient (Wildman–Crippen LogP) is 3.62. The number of nitrogens with zero attached hydrogens (tertiary/aromatic N) is 4. The maximum Gasteiger partial charge on any atom is 0.188 e. The van der Waals surface area contributed by atoms with Crippen molar-refractivity contribution in [2.45, 2.75) is 32.0 Å². The third-order valence-corrected chi connectivity index (χ3v) is 4.45. The number of nitrogen functional groups attached to an aromatic ring is 1. The summed E-state index contributed by atoms with van der Waals surface area (Å²) >= 11 is 1.61. The zero-order valence-electron chi connectivity index (χ0n) is 14.2. The van der Waals surface area contributed by atoms with E-state index in [1.54, 1.807) is 11.8 Å². The molecule has 0 aliphatic carbocycles. The highest BCUT2D eigenvalue weighted by atomic mass is 32.2. The first-order valence-electron chi connectivity index (χ1n) is 7.94. The van der Waals surface area contributed by atoms with Crippen molar-refractivity contribution in [2.24, 2.45) is 5.10 Å². The van der Waals surface area contributed by atoms with E-state index in [0.29, 0.717) is 5.69 Å². The Labute approximate surface area is 146 Å². The third-order valence-electron chi connectivity index (χ3n) is 3.71. The molecule has 2 aromatic rings. The van der Waals surface area contributed by atoms with E-state index in [2.05, 4.69) is 32.3 Å². The van der Waals surface area contributed by atoms with Crippen LogP contribution in [0, 0.1) is 0 Å². The van der Waals surface area contributed by atoms with Crippen LogP contribution in [0.3, 0.4) is 0 Å². The fourth-order valence-corrected chi connectivity index (χ4v) is 3.14. The molecule has 1 aliphatic heterocycles. The van der Waals surface area contributed by atoms with Crippen LogP contribution in [0.4, 0.5) is 5.69 Å². The number of aromatic nitrogens is 2. The molecule has 1 aromatic heterocycles. The summed E-state index contributed by atoms with van der Waals surface area (Å²) in [7, 11) is 0. The smallest absolute Gasteiger partial charge is 0.188 e. The van der Waals surface area contributed by atoms with Gasteiger partial charge in [-0.2, -0.15) is 5.10 Å². The maximum absolute atomic E-state index is 5.96. The summed E-state index contributed by atoms with van der Waals surface area (Å²) in [5.41, 5.74) is 11.0. The highest BCUT2D eigenvalue weighted by molar-refractivity contribution is 7.99. The van der Waals surface area contributed by atoms with Gasteiger partial charge in [-0.05, 0) is 31.7 Å². The number of rotatable bonds is 4. The number of hydrazone groups is 1. The van der Waals surface area contributed by atoms with Gasteiger partial charge in [-0.1, -0.05) is 37.4 Å². The average molecular weight is 339 g/mol. The molecule has 24 heavy (non-hydrogen) atoms. The first-order chi connectivity index (χ1) is 11.5. The molecule has 0 saturated carbocycles. The molecule has 0 fully saturated rings. The second-order valence-corrected chi connectivity index (χ2v) is 7.04. The van der Waals surface area contributed by atoms with E-state index < -0.39 is 0 Å². The fraction of sp³-hybridized carbons (Fsp3) is 0.278. The van der Waals surface area contributed by atoms with E-state index in [9.17, 15) is 0 Å². The van der Waals surface area contributed by atoms with Crippen molar-refractivity contribution >= 4 is 28.9 Å². The number of thioether (sulfide) groups is 1. The first-order valence-corrected chi connectivity index (χ1v) is 8.93. The Kier molecular flexibility index (Phi) is 4.57. The summed E-state index contributed by atoms with van der Waals surface area (Å²) in [6.45, 7) is 10.4. The third kappa shape index (κ3) is 3.01. The van der Waals surface area contributed by atoms with Crippen LogP contribution in [-0.2, 0) is 0 Å². The van der Waals surface area contributed by atoms with Gasteiger partial charge in [-0.25, -0.2) is 9.97 Å². The van der Waals surface area contributed by atoms with Crippen molar-refractivity contribution in [3.8, 4) is 0 Å². The molecule has 0 saturated heterocycles. The van der Waals surface area contributed by atoms with E-state index in [1.165, 1.54) is 0 Å². The lowest BCUT2D eigenvalue weighted by molar-refractivity contribution is 0.345. The van der Waals surface area contributed by atoms with Crippen molar-refractivity contribution in [3.63, 3.8) is 0 Å². The summed E-state index contributed by atoms with van der Waals surface area (Å²) < 4.78 is 0. The predicted molar refractivity (Wildman–Crippen MR) is 101 cm³/mol. The second-order valence-electron chi connectivity index (χ2n) is 5.81. The van der Waals surface area contributed by atoms with Crippen LogP contribution in [0.1, 0.15) is 37.6 Å². The largest absolute Gasteiger partial charge is 0.399 e. The highest BCUT2D eigenvalue weighted by Gasteiger charge is 2.27. The van der Waals surface area contributed by atoms with E-state index in [4.69, 9.17) is 15.8 Å². The number of hydrogen-bond acceptors (Lipinski definition) is 6. The number of hydrogen-bond donors (Lipinski definition) is 1. The summed E-state index contributed by atoms with van der Waals surface area (Å²) in [5, 5.41) is 7.47. The minimum Gasteiger partial charge on any atom is -0.399 e. The van der Waals surface area contributed by atoms with Crippen LogP contribution in [0.5, 0.6) is 0 Å². The van der Waals surface area contributed by atoms with Crippen molar-refractivity contribution in [1.29, 1.82) is 0 Å². The number of anilines is 1. The Morgan fingerprint density at radius 2 is 2.12 bits per heavy atom. The Bertz CT molecular complexity index is 813. The summed E-state index contributed by atoms with van der Waals surface area (Å²) in [6.07, 6.45) is 1.85. The normalized spacial score (nSPS) is 13.9.